The smallest absolute Gasteiger partial charge is 0.133 e. The molecule has 1 aliphatic heterocycles. The molecule has 31 heavy (non-hydrogen) atoms. The van der Waals surface area contributed by atoms with Crippen LogP contribution in [0.15, 0.2) is 72.8 Å². The standard InChI is InChI=1S/C25H22ClN3O2/c1-30-23-12-7-18(26)15-22(23)24-21-13-14-27-25(21)29(28-24)19-8-10-20(11-9-19)31-16-17-5-3-2-4-6-17/h2-12,15,27H,13-14,16H2,1H3. The normalized spacial score (nSPS) is 12.3. The van der Waals surface area contributed by atoms with E-state index in [-0.39, 0.29) is 0 Å². The first kappa shape index (κ1) is 19.5. The van der Waals surface area contributed by atoms with Crippen LogP contribution in [-0.2, 0) is 13.0 Å². The molecule has 0 amide bonds. The highest BCUT2D eigenvalue weighted by Crippen LogP contribution is 2.39. The SMILES string of the molecule is COc1ccc(Cl)cc1-c1nn(-c2ccc(OCc3ccccc3)cc2)c2c1CCN2. The van der Waals surface area contributed by atoms with Crippen LogP contribution in [0.5, 0.6) is 11.5 Å². The molecule has 156 valence electrons. The Hall–Kier alpha value is -3.44. The zero-order valence-corrected chi connectivity index (χ0v) is 17.9. The zero-order chi connectivity index (χ0) is 21.2. The van der Waals surface area contributed by atoms with Gasteiger partial charge in [0.2, 0.25) is 0 Å². The van der Waals surface area contributed by atoms with E-state index >= 15 is 0 Å². The van der Waals surface area contributed by atoms with E-state index in [1.54, 1.807) is 7.11 Å². The molecule has 2 heterocycles. The van der Waals surface area contributed by atoms with Gasteiger partial charge in [0.05, 0.1) is 12.8 Å². The van der Waals surface area contributed by atoms with Gasteiger partial charge in [-0.25, -0.2) is 4.68 Å². The van der Waals surface area contributed by atoms with Crippen LogP contribution in [0.3, 0.4) is 0 Å². The number of fused-ring (bicyclic) bond motifs is 1. The number of rotatable bonds is 6. The topological polar surface area (TPSA) is 48.3 Å². The van der Waals surface area contributed by atoms with Crippen LogP contribution in [0.4, 0.5) is 5.82 Å². The van der Waals surface area contributed by atoms with E-state index in [4.69, 9.17) is 26.2 Å². The Morgan fingerprint density at radius 1 is 1.03 bits per heavy atom. The summed E-state index contributed by atoms with van der Waals surface area (Å²) in [6, 6.07) is 23.7. The second kappa shape index (κ2) is 8.36. The maximum Gasteiger partial charge on any atom is 0.133 e. The molecular formula is C25H22ClN3O2. The lowest BCUT2D eigenvalue weighted by atomic mass is 10.1. The van der Waals surface area contributed by atoms with Gasteiger partial charge in [-0.05, 0) is 54.4 Å². The number of aromatic nitrogens is 2. The number of benzene rings is 3. The quantitative estimate of drug-likeness (QED) is 0.422. The summed E-state index contributed by atoms with van der Waals surface area (Å²) < 4.78 is 13.4. The summed E-state index contributed by atoms with van der Waals surface area (Å²) in [5.74, 6) is 2.59. The Labute approximate surface area is 186 Å². The highest BCUT2D eigenvalue weighted by molar-refractivity contribution is 6.31. The molecule has 1 aliphatic rings. The van der Waals surface area contributed by atoms with Crippen molar-refractivity contribution in [3.8, 4) is 28.4 Å². The van der Waals surface area contributed by atoms with E-state index in [1.807, 2.05) is 65.3 Å². The van der Waals surface area contributed by atoms with Crippen LogP contribution in [0.2, 0.25) is 5.02 Å². The van der Waals surface area contributed by atoms with Gasteiger partial charge >= 0.3 is 0 Å². The van der Waals surface area contributed by atoms with Crippen molar-refractivity contribution in [2.75, 3.05) is 19.0 Å². The molecule has 0 unspecified atom stereocenters. The van der Waals surface area contributed by atoms with Crippen molar-refractivity contribution in [2.24, 2.45) is 0 Å². The highest BCUT2D eigenvalue weighted by Gasteiger charge is 2.25. The fourth-order valence-corrected chi connectivity index (χ4v) is 4.04. The van der Waals surface area contributed by atoms with E-state index < -0.39 is 0 Å². The molecule has 4 aromatic rings. The summed E-state index contributed by atoms with van der Waals surface area (Å²) in [6.45, 7) is 1.42. The van der Waals surface area contributed by atoms with Gasteiger partial charge in [0.25, 0.3) is 0 Å². The van der Waals surface area contributed by atoms with Crippen LogP contribution in [0.1, 0.15) is 11.1 Å². The Morgan fingerprint density at radius 3 is 2.61 bits per heavy atom. The number of hydrogen-bond acceptors (Lipinski definition) is 4. The predicted molar refractivity (Wildman–Crippen MR) is 124 cm³/mol. The Bertz CT molecular complexity index is 1200. The molecule has 0 bridgehead atoms. The van der Waals surface area contributed by atoms with Crippen molar-refractivity contribution in [3.63, 3.8) is 0 Å². The van der Waals surface area contributed by atoms with Gasteiger partial charge in [0.1, 0.15) is 29.6 Å². The second-order valence-electron chi connectivity index (χ2n) is 7.38. The predicted octanol–water partition coefficient (Wildman–Crippen LogP) is 5.75. The van der Waals surface area contributed by atoms with Crippen LogP contribution >= 0.6 is 11.6 Å². The third-order valence-corrected chi connectivity index (χ3v) is 5.63. The Morgan fingerprint density at radius 2 is 1.84 bits per heavy atom. The minimum absolute atomic E-state index is 0.539. The number of halogens is 1. The van der Waals surface area contributed by atoms with Crippen molar-refractivity contribution < 1.29 is 9.47 Å². The summed E-state index contributed by atoms with van der Waals surface area (Å²) in [6.07, 6.45) is 0.901. The van der Waals surface area contributed by atoms with E-state index in [9.17, 15) is 0 Å². The lowest BCUT2D eigenvalue weighted by Gasteiger charge is -2.10. The average Bonchev–Trinajstić information content (AvgIpc) is 3.42. The van der Waals surface area contributed by atoms with Crippen molar-refractivity contribution in [2.45, 2.75) is 13.0 Å². The maximum absolute atomic E-state index is 6.27. The average molecular weight is 432 g/mol. The molecule has 0 atom stereocenters. The van der Waals surface area contributed by atoms with Crippen molar-refractivity contribution in [1.29, 1.82) is 0 Å². The maximum atomic E-state index is 6.27. The molecular weight excluding hydrogens is 410 g/mol. The molecule has 0 saturated heterocycles. The molecule has 3 aromatic carbocycles. The third kappa shape index (κ3) is 3.84. The molecule has 0 saturated carbocycles. The second-order valence-corrected chi connectivity index (χ2v) is 7.81. The molecule has 0 aliphatic carbocycles. The lowest BCUT2D eigenvalue weighted by Crippen LogP contribution is -2.04. The lowest BCUT2D eigenvalue weighted by molar-refractivity contribution is 0.306. The number of ether oxygens (including phenoxy) is 2. The molecule has 5 nitrogen and oxygen atoms in total. The van der Waals surface area contributed by atoms with Gasteiger partial charge in [-0.15, -0.1) is 0 Å². The molecule has 0 spiro atoms. The minimum atomic E-state index is 0.539. The number of nitrogens with zero attached hydrogens (tertiary/aromatic N) is 2. The van der Waals surface area contributed by atoms with E-state index in [1.165, 1.54) is 5.56 Å². The van der Waals surface area contributed by atoms with Gasteiger partial charge < -0.3 is 14.8 Å². The molecule has 1 aromatic heterocycles. The van der Waals surface area contributed by atoms with Crippen LogP contribution < -0.4 is 14.8 Å². The van der Waals surface area contributed by atoms with Gasteiger partial charge in [-0.3, -0.25) is 0 Å². The number of methoxy groups -OCH3 is 1. The van der Waals surface area contributed by atoms with E-state index in [0.717, 1.165) is 52.8 Å². The summed E-state index contributed by atoms with van der Waals surface area (Å²) >= 11 is 6.27. The largest absolute Gasteiger partial charge is 0.496 e. The molecule has 0 fully saturated rings. The van der Waals surface area contributed by atoms with Gasteiger partial charge in [0, 0.05) is 22.7 Å². The molecule has 1 N–H and O–H groups in total. The highest BCUT2D eigenvalue weighted by atomic mass is 35.5. The van der Waals surface area contributed by atoms with Gasteiger partial charge in [-0.2, -0.15) is 5.10 Å². The summed E-state index contributed by atoms with van der Waals surface area (Å²) in [4.78, 5) is 0. The van der Waals surface area contributed by atoms with Crippen LogP contribution in [-0.4, -0.2) is 23.4 Å². The molecule has 5 rings (SSSR count). The third-order valence-electron chi connectivity index (χ3n) is 5.40. The van der Waals surface area contributed by atoms with Gasteiger partial charge in [0.15, 0.2) is 0 Å². The monoisotopic (exact) mass is 431 g/mol. The van der Waals surface area contributed by atoms with E-state index in [2.05, 4.69) is 17.4 Å². The first-order valence-corrected chi connectivity index (χ1v) is 10.6. The molecule has 6 heteroatoms. The first-order chi connectivity index (χ1) is 15.2. The van der Waals surface area contributed by atoms with Crippen LogP contribution in [0, 0.1) is 0 Å². The summed E-state index contributed by atoms with van der Waals surface area (Å²) in [5, 5.41) is 9.04. The summed E-state index contributed by atoms with van der Waals surface area (Å²) in [5.41, 5.74) is 5.07. The molecule has 0 radical (unpaired) electrons. The number of hydrogen-bond donors (Lipinski definition) is 1. The fourth-order valence-electron chi connectivity index (χ4n) is 3.87. The van der Waals surface area contributed by atoms with Gasteiger partial charge in [-0.1, -0.05) is 41.9 Å². The Kier molecular flexibility index (Phi) is 5.26. The van der Waals surface area contributed by atoms with E-state index in [0.29, 0.717) is 11.6 Å². The van der Waals surface area contributed by atoms with Crippen molar-refractivity contribution in [3.05, 3.63) is 88.9 Å². The number of nitrogens with one attached hydrogen (secondary N) is 1. The minimum Gasteiger partial charge on any atom is -0.496 e. The Balaban J connectivity index is 1.45. The van der Waals surface area contributed by atoms with Crippen molar-refractivity contribution in [1.82, 2.24) is 9.78 Å². The number of anilines is 1. The fraction of sp³-hybridized carbons (Fsp3) is 0.160. The summed E-state index contributed by atoms with van der Waals surface area (Å²) in [7, 11) is 1.66. The zero-order valence-electron chi connectivity index (χ0n) is 17.1. The van der Waals surface area contributed by atoms with Crippen LogP contribution in [0.25, 0.3) is 16.9 Å². The first-order valence-electron chi connectivity index (χ1n) is 10.2. The van der Waals surface area contributed by atoms with Crippen molar-refractivity contribution >= 4 is 17.4 Å².